The van der Waals surface area contributed by atoms with Crippen molar-refractivity contribution in [1.82, 2.24) is 20.1 Å². The second-order valence-corrected chi connectivity index (χ2v) is 2.55. The van der Waals surface area contributed by atoms with Gasteiger partial charge < -0.3 is 15.6 Å². The lowest BCUT2D eigenvalue weighted by Gasteiger charge is -2.14. The van der Waals surface area contributed by atoms with Crippen molar-refractivity contribution >= 4 is 18.3 Å². The summed E-state index contributed by atoms with van der Waals surface area (Å²) in [5, 5.41) is 10.2. The van der Waals surface area contributed by atoms with E-state index in [1.165, 1.54) is 0 Å². The Hall–Kier alpha value is -1.14. The third-order valence-electron chi connectivity index (χ3n) is 1.83. The lowest BCUT2D eigenvalue weighted by atomic mass is 10.4. The Morgan fingerprint density at radius 2 is 2.31 bits per heavy atom. The van der Waals surface area contributed by atoms with Crippen LogP contribution in [0.15, 0.2) is 0 Å². The number of rotatable bonds is 1. The summed E-state index contributed by atoms with van der Waals surface area (Å²) in [6, 6.07) is 0. The molecule has 1 amide bonds. The molecule has 0 aliphatic carbocycles. The van der Waals surface area contributed by atoms with Crippen molar-refractivity contribution < 1.29 is 4.79 Å². The quantitative estimate of drug-likeness (QED) is 0.607. The largest absolute Gasteiger partial charge is 0.348 e. The molecule has 1 aromatic rings. The molecule has 1 aliphatic rings. The summed E-state index contributed by atoms with van der Waals surface area (Å²) in [7, 11) is 0. The van der Waals surface area contributed by atoms with Crippen LogP contribution in [0.5, 0.6) is 0 Å². The molecule has 0 aromatic carbocycles. The molecule has 0 atom stereocenters. The van der Waals surface area contributed by atoms with Gasteiger partial charge in [0, 0.05) is 13.1 Å². The maximum absolute atomic E-state index is 11.1. The first-order valence-corrected chi connectivity index (χ1v) is 3.73. The Morgan fingerprint density at radius 3 is 3.00 bits per heavy atom. The number of fused-ring (bicyclic) bond motifs is 1. The van der Waals surface area contributed by atoms with E-state index in [0.717, 1.165) is 0 Å². The van der Waals surface area contributed by atoms with E-state index in [-0.39, 0.29) is 18.3 Å². The van der Waals surface area contributed by atoms with E-state index in [0.29, 0.717) is 31.3 Å². The molecule has 7 heteroatoms. The van der Waals surface area contributed by atoms with Crippen LogP contribution >= 0.6 is 12.4 Å². The summed E-state index contributed by atoms with van der Waals surface area (Å²) < 4.78 is 1.75. The number of amides is 1. The van der Waals surface area contributed by atoms with Gasteiger partial charge in [0.25, 0.3) is 5.91 Å². The minimum atomic E-state index is -0.173. The summed E-state index contributed by atoms with van der Waals surface area (Å²) in [5.41, 5.74) is 5.41. The van der Waals surface area contributed by atoms with Gasteiger partial charge in [-0.15, -0.1) is 22.6 Å². The SMILES string of the molecule is Cl.NCc1nnc2n1CCNC2=O. The van der Waals surface area contributed by atoms with Crippen LogP contribution in [0.25, 0.3) is 0 Å². The highest BCUT2D eigenvalue weighted by Gasteiger charge is 2.21. The average molecular weight is 204 g/mol. The Balaban J connectivity index is 0.000000845. The van der Waals surface area contributed by atoms with E-state index >= 15 is 0 Å². The Bertz CT molecular complexity index is 323. The number of hydrogen-bond acceptors (Lipinski definition) is 4. The molecule has 0 spiro atoms. The number of nitrogens with two attached hydrogens (primary N) is 1. The Kier molecular flexibility index (Phi) is 2.84. The van der Waals surface area contributed by atoms with Crippen molar-refractivity contribution in [3.05, 3.63) is 11.6 Å². The summed E-state index contributed by atoms with van der Waals surface area (Å²) in [4.78, 5) is 11.1. The lowest BCUT2D eigenvalue weighted by Crippen LogP contribution is -2.36. The van der Waals surface area contributed by atoms with Crippen LogP contribution in [0.2, 0.25) is 0 Å². The van der Waals surface area contributed by atoms with Crippen molar-refractivity contribution in [3.63, 3.8) is 0 Å². The minimum Gasteiger partial charge on any atom is -0.348 e. The zero-order valence-electron chi connectivity index (χ0n) is 6.86. The van der Waals surface area contributed by atoms with E-state index in [9.17, 15) is 4.79 Å². The zero-order valence-corrected chi connectivity index (χ0v) is 7.67. The molecule has 0 saturated heterocycles. The molecule has 2 heterocycles. The predicted molar refractivity (Wildman–Crippen MR) is 47.5 cm³/mol. The van der Waals surface area contributed by atoms with E-state index in [1.807, 2.05) is 0 Å². The van der Waals surface area contributed by atoms with Gasteiger partial charge in [0.05, 0.1) is 6.54 Å². The second-order valence-electron chi connectivity index (χ2n) is 2.55. The predicted octanol–water partition coefficient (Wildman–Crippen LogP) is -1.10. The molecule has 0 radical (unpaired) electrons. The van der Waals surface area contributed by atoms with E-state index < -0.39 is 0 Å². The van der Waals surface area contributed by atoms with Gasteiger partial charge in [-0.1, -0.05) is 0 Å². The van der Waals surface area contributed by atoms with Crippen LogP contribution in [0.3, 0.4) is 0 Å². The molecule has 1 aliphatic heterocycles. The van der Waals surface area contributed by atoms with Crippen LogP contribution in [0, 0.1) is 0 Å². The molecule has 0 fully saturated rings. The lowest BCUT2D eigenvalue weighted by molar-refractivity contribution is 0.0921. The molecule has 0 saturated carbocycles. The van der Waals surface area contributed by atoms with Crippen molar-refractivity contribution in [1.29, 1.82) is 0 Å². The van der Waals surface area contributed by atoms with E-state index in [2.05, 4.69) is 15.5 Å². The summed E-state index contributed by atoms with van der Waals surface area (Å²) >= 11 is 0. The molecule has 72 valence electrons. The first-order chi connectivity index (χ1) is 5.83. The number of carbonyl (C=O) groups is 1. The van der Waals surface area contributed by atoms with Crippen molar-refractivity contribution in [2.24, 2.45) is 5.73 Å². The molecule has 6 nitrogen and oxygen atoms in total. The number of nitrogens with one attached hydrogen (secondary N) is 1. The number of carbonyl (C=O) groups excluding carboxylic acids is 1. The van der Waals surface area contributed by atoms with Crippen molar-refractivity contribution in [2.45, 2.75) is 13.1 Å². The average Bonchev–Trinajstić information content (AvgIpc) is 2.49. The maximum atomic E-state index is 11.1. The third-order valence-corrected chi connectivity index (χ3v) is 1.83. The highest BCUT2D eigenvalue weighted by Crippen LogP contribution is 2.04. The fraction of sp³-hybridized carbons (Fsp3) is 0.500. The standard InChI is InChI=1S/C6H9N5O.ClH/c7-3-4-9-10-5-6(12)8-1-2-11(4)5;/h1-3,7H2,(H,8,12);1H. The first kappa shape index (κ1) is 9.94. The highest BCUT2D eigenvalue weighted by atomic mass is 35.5. The number of halogens is 1. The molecule has 1 aromatic heterocycles. The summed E-state index contributed by atoms with van der Waals surface area (Å²) in [5.74, 6) is 0.856. The van der Waals surface area contributed by atoms with Crippen LogP contribution in [0.4, 0.5) is 0 Å². The highest BCUT2D eigenvalue weighted by molar-refractivity contribution is 5.91. The van der Waals surface area contributed by atoms with Gasteiger partial charge in [-0.25, -0.2) is 0 Å². The van der Waals surface area contributed by atoms with Crippen LogP contribution < -0.4 is 11.1 Å². The minimum absolute atomic E-state index is 0. The zero-order chi connectivity index (χ0) is 8.55. The third kappa shape index (κ3) is 1.50. The van der Waals surface area contributed by atoms with Gasteiger partial charge >= 0.3 is 0 Å². The van der Waals surface area contributed by atoms with Crippen LogP contribution in [-0.4, -0.2) is 27.2 Å². The van der Waals surface area contributed by atoms with Gasteiger partial charge in [-0.2, -0.15) is 0 Å². The molecule has 3 N–H and O–H groups in total. The van der Waals surface area contributed by atoms with E-state index in [1.54, 1.807) is 4.57 Å². The number of hydrogen-bond donors (Lipinski definition) is 2. The van der Waals surface area contributed by atoms with Gasteiger partial charge in [0.2, 0.25) is 5.82 Å². The fourth-order valence-electron chi connectivity index (χ4n) is 1.25. The van der Waals surface area contributed by atoms with E-state index in [4.69, 9.17) is 5.73 Å². The van der Waals surface area contributed by atoms with Crippen LogP contribution in [0.1, 0.15) is 16.4 Å². The second kappa shape index (κ2) is 3.71. The fourth-order valence-corrected chi connectivity index (χ4v) is 1.25. The Labute approximate surface area is 80.9 Å². The molecule has 2 rings (SSSR count). The topological polar surface area (TPSA) is 85.8 Å². The maximum Gasteiger partial charge on any atom is 0.289 e. The van der Waals surface area contributed by atoms with Crippen molar-refractivity contribution in [2.75, 3.05) is 6.54 Å². The van der Waals surface area contributed by atoms with Gasteiger partial charge in [-0.3, -0.25) is 4.79 Å². The van der Waals surface area contributed by atoms with Crippen LogP contribution in [-0.2, 0) is 13.1 Å². The van der Waals surface area contributed by atoms with Crippen molar-refractivity contribution in [3.8, 4) is 0 Å². The van der Waals surface area contributed by atoms with Gasteiger partial charge in [-0.05, 0) is 0 Å². The Morgan fingerprint density at radius 1 is 1.54 bits per heavy atom. The molecular formula is C6H10ClN5O. The first-order valence-electron chi connectivity index (χ1n) is 3.73. The summed E-state index contributed by atoms with van der Waals surface area (Å²) in [6.07, 6.45) is 0. The molecule has 0 unspecified atom stereocenters. The van der Waals surface area contributed by atoms with Gasteiger partial charge in [0.1, 0.15) is 5.82 Å². The molecule has 0 bridgehead atoms. The number of aromatic nitrogens is 3. The summed E-state index contributed by atoms with van der Waals surface area (Å²) in [6.45, 7) is 1.65. The normalized spacial score (nSPS) is 14.4. The molecular weight excluding hydrogens is 194 g/mol. The van der Waals surface area contributed by atoms with Gasteiger partial charge in [0.15, 0.2) is 0 Å². The molecule has 13 heavy (non-hydrogen) atoms. The monoisotopic (exact) mass is 203 g/mol. The number of nitrogens with zero attached hydrogens (tertiary/aromatic N) is 3. The smallest absolute Gasteiger partial charge is 0.289 e.